The average molecular weight is 637 g/mol. The van der Waals surface area contributed by atoms with Crippen molar-refractivity contribution in [2.45, 2.75) is 86.0 Å². The lowest BCUT2D eigenvalue weighted by molar-refractivity contribution is -0.157. The summed E-state index contributed by atoms with van der Waals surface area (Å²) in [5, 5.41) is 0. The van der Waals surface area contributed by atoms with Crippen LogP contribution in [0.25, 0.3) is 0 Å². The van der Waals surface area contributed by atoms with E-state index in [9.17, 15) is 19.2 Å². The summed E-state index contributed by atoms with van der Waals surface area (Å²) >= 11 is 0. The first-order valence-electron chi connectivity index (χ1n) is 16.9. The number of hydrogen-bond donors (Lipinski definition) is 0. The van der Waals surface area contributed by atoms with E-state index < -0.39 is 0 Å². The van der Waals surface area contributed by atoms with Crippen LogP contribution >= 0.6 is 0 Å². The maximum atomic E-state index is 12.0. The molecule has 3 aliphatic heterocycles. The summed E-state index contributed by atoms with van der Waals surface area (Å²) in [6.07, 6.45) is 2.46. The molecular weight excluding hydrogens is 580 g/mol. The zero-order valence-corrected chi connectivity index (χ0v) is 29.2. The van der Waals surface area contributed by atoms with Gasteiger partial charge in [0.05, 0.1) is 11.4 Å². The van der Waals surface area contributed by atoms with Crippen LogP contribution in [0, 0.1) is 5.92 Å². The fourth-order valence-electron chi connectivity index (χ4n) is 5.92. The van der Waals surface area contributed by atoms with Crippen molar-refractivity contribution in [1.29, 1.82) is 0 Å². The van der Waals surface area contributed by atoms with Gasteiger partial charge in [-0.2, -0.15) is 0 Å². The Bertz CT molecular complexity index is 1220. The summed E-state index contributed by atoms with van der Waals surface area (Å²) in [4.78, 5) is 58.9. The molecule has 3 heterocycles. The van der Waals surface area contributed by atoms with Crippen molar-refractivity contribution in [2.24, 2.45) is 5.92 Å². The van der Waals surface area contributed by atoms with E-state index in [1.165, 1.54) is 12.8 Å². The summed E-state index contributed by atoms with van der Waals surface area (Å²) in [5.41, 5.74) is 2.41. The lowest BCUT2D eigenvalue weighted by Gasteiger charge is -2.39. The molecule has 10 heteroatoms. The van der Waals surface area contributed by atoms with Crippen LogP contribution in [0.15, 0.2) is 54.9 Å². The van der Waals surface area contributed by atoms with Crippen molar-refractivity contribution in [3.05, 3.63) is 60.4 Å². The number of carbonyl (C=O) groups is 4. The van der Waals surface area contributed by atoms with E-state index in [0.29, 0.717) is 49.0 Å². The first kappa shape index (κ1) is 36.6. The Morgan fingerprint density at radius 3 is 1.74 bits per heavy atom. The third-order valence-electron chi connectivity index (χ3n) is 8.75. The minimum atomic E-state index is -0.390. The normalized spacial score (nSPS) is 19.3. The van der Waals surface area contributed by atoms with Gasteiger partial charge in [0.15, 0.2) is 0 Å². The highest BCUT2D eigenvalue weighted by Gasteiger charge is 2.37. The van der Waals surface area contributed by atoms with Crippen LogP contribution in [-0.4, -0.2) is 124 Å². The van der Waals surface area contributed by atoms with E-state index in [2.05, 4.69) is 52.7 Å². The van der Waals surface area contributed by atoms with Gasteiger partial charge in [-0.25, -0.2) is 0 Å². The molecule has 254 valence electrons. The van der Waals surface area contributed by atoms with Crippen molar-refractivity contribution in [1.82, 2.24) is 29.4 Å². The Labute approximate surface area is 276 Å². The summed E-state index contributed by atoms with van der Waals surface area (Å²) in [6, 6.07) is 10.7. The lowest BCUT2D eigenvalue weighted by Crippen LogP contribution is -2.55. The van der Waals surface area contributed by atoms with Crippen molar-refractivity contribution >= 4 is 23.6 Å². The van der Waals surface area contributed by atoms with Crippen LogP contribution in [0.3, 0.4) is 0 Å². The van der Waals surface area contributed by atoms with Gasteiger partial charge in [0.25, 0.3) is 11.8 Å². The first-order valence-corrected chi connectivity index (χ1v) is 16.9. The molecule has 1 aliphatic carbocycles. The molecule has 0 aromatic heterocycles. The average Bonchev–Trinajstić information content (AvgIpc) is 3.86. The monoisotopic (exact) mass is 636 g/mol. The largest absolute Gasteiger partial charge is 0.366 e. The number of carbonyl (C=O) groups excluding carboxylic acids is 4. The molecule has 4 amide bonds. The molecule has 4 aliphatic rings. The molecule has 3 saturated heterocycles. The predicted molar refractivity (Wildman–Crippen MR) is 182 cm³/mol. The summed E-state index contributed by atoms with van der Waals surface area (Å²) in [5.74, 6) is -0.0177. The van der Waals surface area contributed by atoms with E-state index in [1.807, 2.05) is 58.9 Å². The predicted octanol–water partition coefficient (Wildman–Crippen LogP) is 3.80. The SMILES string of the molecule is C=C1C(=O)N(C(C)C)CCN1C1CC1.C=C1C(=O)N(CC(C)C)CCN1CC.CC(C)N1CCN(Cc2ccccc2)C(=O)C1=O. The third kappa shape index (κ3) is 9.59. The molecule has 0 radical (unpaired) electrons. The molecule has 1 saturated carbocycles. The second-order valence-electron chi connectivity index (χ2n) is 13.4. The Hall–Kier alpha value is -3.82. The molecule has 4 fully saturated rings. The van der Waals surface area contributed by atoms with Gasteiger partial charge in [0, 0.05) is 77.0 Å². The first-order chi connectivity index (χ1) is 21.8. The zero-order valence-electron chi connectivity index (χ0n) is 29.2. The van der Waals surface area contributed by atoms with Crippen molar-refractivity contribution in [3.8, 4) is 0 Å². The van der Waals surface area contributed by atoms with Crippen molar-refractivity contribution in [3.63, 3.8) is 0 Å². The van der Waals surface area contributed by atoms with E-state index in [-0.39, 0.29) is 29.7 Å². The summed E-state index contributed by atoms with van der Waals surface area (Å²) in [7, 11) is 0. The van der Waals surface area contributed by atoms with Gasteiger partial charge in [-0.05, 0) is 58.9 Å². The van der Waals surface area contributed by atoms with Crippen molar-refractivity contribution < 1.29 is 19.2 Å². The van der Waals surface area contributed by atoms with Crippen LogP contribution in [0.5, 0.6) is 0 Å². The Morgan fingerprint density at radius 2 is 1.20 bits per heavy atom. The van der Waals surface area contributed by atoms with Crippen LogP contribution in [0.2, 0.25) is 0 Å². The highest BCUT2D eigenvalue weighted by Crippen LogP contribution is 2.32. The Balaban J connectivity index is 0.000000190. The Morgan fingerprint density at radius 1 is 0.652 bits per heavy atom. The zero-order chi connectivity index (χ0) is 34.1. The minimum Gasteiger partial charge on any atom is -0.366 e. The van der Waals surface area contributed by atoms with Crippen LogP contribution in [0.4, 0.5) is 0 Å². The van der Waals surface area contributed by atoms with E-state index in [0.717, 1.165) is 44.8 Å². The number of rotatable bonds is 8. The molecule has 1 aromatic rings. The lowest BCUT2D eigenvalue weighted by atomic mass is 10.1. The van der Waals surface area contributed by atoms with E-state index in [1.54, 1.807) is 9.80 Å². The summed E-state index contributed by atoms with van der Waals surface area (Å²) < 4.78 is 0. The highest BCUT2D eigenvalue weighted by atomic mass is 16.2. The van der Waals surface area contributed by atoms with Crippen LogP contribution < -0.4 is 0 Å². The second kappa shape index (κ2) is 16.7. The quantitative estimate of drug-likeness (QED) is 0.319. The van der Waals surface area contributed by atoms with Crippen LogP contribution in [-0.2, 0) is 25.7 Å². The van der Waals surface area contributed by atoms with Crippen molar-refractivity contribution in [2.75, 3.05) is 52.4 Å². The topological polar surface area (TPSA) is 87.7 Å². The number of piperazine rings is 3. The third-order valence-corrected chi connectivity index (χ3v) is 8.75. The highest BCUT2D eigenvalue weighted by molar-refractivity contribution is 6.35. The van der Waals surface area contributed by atoms with Gasteiger partial charge in [-0.1, -0.05) is 57.3 Å². The second-order valence-corrected chi connectivity index (χ2v) is 13.4. The van der Waals surface area contributed by atoms with Gasteiger partial charge in [-0.3, -0.25) is 19.2 Å². The maximum absolute atomic E-state index is 12.0. The standard InChI is InChI=1S/C14H18N2O2.C11H18N2O.C11H20N2O/c1-11(2)16-9-8-15(13(17)14(16)18)10-12-6-4-3-5-7-12;1-8(2)12-6-7-13(10-4-5-10)9(3)11(12)14;1-5-12-6-7-13(8-9(2)3)11(14)10(12)4/h3-7,11H,8-10H2,1-2H3;8,10H,3-7H2,1-2H3;9H,4-8H2,1-3H3. The number of benzene rings is 1. The molecule has 1 aromatic carbocycles. The molecule has 0 bridgehead atoms. The summed E-state index contributed by atoms with van der Waals surface area (Å²) in [6.45, 7) is 29.1. The molecule has 0 atom stereocenters. The van der Waals surface area contributed by atoms with Crippen LogP contribution in [0.1, 0.15) is 66.9 Å². The number of hydrogen-bond acceptors (Lipinski definition) is 6. The molecule has 46 heavy (non-hydrogen) atoms. The molecular formula is C36H56N6O4. The van der Waals surface area contributed by atoms with E-state index >= 15 is 0 Å². The number of likely N-dealkylation sites (N-methyl/N-ethyl adjacent to an activating group) is 1. The molecule has 10 nitrogen and oxygen atoms in total. The molecule has 5 rings (SSSR count). The van der Waals surface area contributed by atoms with Gasteiger partial charge in [-0.15, -0.1) is 0 Å². The number of amides is 4. The Kier molecular flexibility index (Phi) is 13.3. The number of nitrogens with zero attached hydrogens (tertiary/aromatic N) is 6. The smallest absolute Gasteiger partial charge is 0.312 e. The molecule has 0 unspecified atom stereocenters. The van der Waals surface area contributed by atoms with E-state index in [4.69, 9.17) is 0 Å². The minimum absolute atomic E-state index is 0.0836. The molecule has 0 N–H and O–H groups in total. The fourth-order valence-corrected chi connectivity index (χ4v) is 5.92. The molecule has 0 spiro atoms. The van der Waals surface area contributed by atoms with Gasteiger partial charge >= 0.3 is 11.8 Å². The van der Waals surface area contributed by atoms with Gasteiger partial charge in [0.1, 0.15) is 0 Å². The maximum Gasteiger partial charge on any atom is 0.312 e. The fraction of sp³-hybridized carbons (Fsp3) is 0.611. The van der Waals surface area contributed by atoms with Gasteiger partial charge < -0.3 is 29.4 Å². The van der Waals surface area contributed by atoms with Gasteiger partial charge in [0.2, 0.25) is 0 Å².